The molecule has 1 heterocycles. The van der Waals surface area contributed by atoms with E-state index in [0.717, 1.165) is 12.2 Å². The summed E-state index contributed by atoms with van der Waals surface area (Å²) < 4.78 is 15.4. The minimum atomic E-state index is -1.73. The number of hydrogen-bond acceptors (Lipinski definition) is 10. The predicted octanol–water partition coefficient (Wildman–Crippen LogP) is 0.718. The Morgan fingerprint density at radius 1 is 0.765 bits per heavy atom. The monoisotopic (exact) mass is 472 g/mol. The fourth-order valence-corrected chi connectivity index (χ4v) is 3.02. The number of hydrogen-bond donors (Lipinski definition) is 5. The molecule has 0 radical (unpaired) electrons. The number of phenolic OH excluding ortho intramolecular Hbond substituents is 2. The van der Waals surface area contributed by atoms with Crippen LogP contribution in [0.4, 0.5) is 0 Å². The van der Waals surface area contributed by atoms with Crippen LogP contribution >= 0.6 is 0 Å². The molecule has 0 amide bonds. The van der Waals surface area contributed by atoms with Crippen molar-refractivity contribution in [1.29, 1.82) is 0 Å². The molecule has 5 N–H and O–H groups in total. The lowest BCUT2D eigenvalue weighted by atomic mass is 9.99. The first-order valence-electron chi connectivity index (χ1n) is 10.2. The maximum absolute atomic E-state index is 12.1. The fraction of sp³-hybridized carbons (Fsp3) is 0.250. The lowest BCUT2D eigenvalue weighted by Crippen LogP contribution is -2.59. The van der Waals surface area contributed by atoms with Crippen LogP contribution in [-0.2, 0) is 23.8 Å². The standard InChI is InChI=1S/C24H24O10/c25-16-7-1-14(2-8-16)5-11-19(27)32-13-18-21(29)22(30)23(31)24(33-18)34-20(28)12-6-15-3-9-17(26)10-4-15/h1-12,18,21-26,29-31H,13H2/b11-5+,12-6+/t18-,21-,22+,23-,24+/m1/s1. The normalized spacial score (nSPS) is 24.9. The maximum Gasteiger partial charge on any atom is 0.333 e. The first-order valence-corrected chi connectivity index (χ1v) is 10.2. The number of phenols is 2. The van der Waals surface area contributed by atoms with Gasteiger partial charge in [-0.05, 0) is 47.5 Å². The third-order valence-corrected chi connectivity index (χ3v) is 4.90. The summed E-state index contributed by atoms with van der Waals surface area (Å²) in [6.45, 7) is -0.485. The highest BCUT2D eigenvalue weighted by atomic mass is 16.7. The second-order valence-corrected chi connectivity index (χ2v) is 7.43. The van der Waals surface area contributed by atoms with Crippen LogP contribution in [0, 0.1) is 0 Å². The first kappa shape index (κ1) is 24.9. The second kappa shape index (κ2) is 11.4. The van der Waals surface area contributed by atoms with E-state index in [1.165, 1.54) is 36.4 Å². The van der Waals surface area contributed by atoms with E-state index in [4.69, 9.17) is 14.2 Å². The zero-order chi connectivity index (χ0) is 24.7. The summed E-state index contributed by atoms with van der Waals surface area (Å²) in [6.07, 6.45) is -2.92. The van der Waals surface area contributed by atoms with E-state index < -0.39 is 49.3 Å². The Hall–Kier alpha value is -3.70. The molecular weight excluding hydrogens is 448 g/mol. The summed E-state index contributed by atoms with van der Waals surface area (Å²) >= 11 is 0. The van der Waals surface area contributed by atoms with E-state index in [0.29, 0.717) is 11.1 Å². The van der Waals surface area contributed by atoms with Gasteiger partial charge >= 0.3 is 11.9 Å². The van der Waals surface area contributed by atoms with Crippen molar-refractivity contribution in [3.05, 3.63) is 71.8 Å². The topological polar surface area (TPSA) is 163 Å². The Kier molecular flexibility index (Phi) is 8.39. The summed E-state index contributed by atoms with van der Waals surface area (Å²) in [4.78, 5) is 24.1. The maximum atomic E-state index is 12.1. The van der Waals surface area contributed by atoms with Gasteiger partial charge in [0.05, 0.1) is 0 Å². The smallest absolute Gasteiger partial charge is 0.333 e. The third-order valence-electron chi connectivity index (χ3n) is 4.90. The molecule has 2 aromatic carbocycles. The molecule has 3 rings (SSSR count). The number of carbonyl (C=O) groups excluding carboxylic acids is 2. The van der Waals surface area contributed by atoms with Crippen LogP contribution in [0.15, 0.2) is 60.7 Å². The predicted molar refractivity (Wildman–Crippen MR) is 118 cm³/mol. The number of rotatable bonds is 7. The van der Waals surface area contributed by atoms with Crippen LogP contribution in [-0.4, -0.2) is 74.8 Å². The number of aromatic hydroxyl groups is 2. The number of benzene rings is 2. The zero-order valence-electron chi connectivity index (χ0n) is 17.8. The third kappa shape index (κ3) is 6.90. The minimum Gasteiger partial charge on any atom is -0.508 e. The lowest BCUT2D eigenvalue weighted by Gasteiger charge is -2.39. The van der Waals surface area contributed by atoms with Crippen molar-refractivity contribution in [2.75, 3.05) is 6.61 Å². The molecule has 2 aromatic rings. The molecule has 10 nitrogen and oxygen atoms in total. The average Bonchev–Trinajstić information content (AvgIpc) is 2.83. The molecule has 10 heteroatoms. The van der Waals surface area contributed by atoms with Gasteiger partial charge in [0.2, 0.25) is 6.29 Å². The van der Waals surface area contributed by atoms with Crippen LogP contribution < -0.4 is 0 Å². The van der Waals surface area contributed by atoms with Crippen molar-refractivity contribution in [2.45, 2.75) is 30.7 Å². The number of aliphatic hydroxyl groups excluding tert-OH is 3. The molecule has 0 bridgehead atoms. The Balaban J connectivity index is 1.54. The summed E-state index contributed by atoms with van der Waals surface area (Å²) in [7, 11) is 0. The van der Waals surface area contributed by atoms with Gasteiger partial charge in [-0.2, -0.15) is 0 Å². The van der Waals surface area contributed by atoms with Crippen molar-refractivity contribution >= 4 is 24.1 Å². The van der Waals surface area contributed by atoms with Crippen LogP contribution in [0.25, 0.3) is 12.2 Å². The molecule has 34 heavy (non-hydrogen) atoms. The number of aliphatic hydroxyl groups is 3. The van der Waals surface area contributed by atoms with Gasteiger partial charge in [-0.15, -0.1) is 0 Å². The van der Waals surface area contributed by atoms with Gasteiger partial charge in [0, 0.05) is 12.2 Å². The second-order valence-electron chi connectivity index (χ2n) is 7.43. The fourth-order valence-electron chi connectivity index (χ4n) is 3.02. The number of ether oxygens (including phenoxy) is 3. The van der Waals surface area contributed by atoms with Crippen LogP contribution in [0.3, 0.4) is 0 Å². The van der Waals surface area contributed by atoms with Gasteiger partial charge in [0.1, 0.15) is 42.5 Å². The quantitative estimate of drug-likeness (QED) is 0.287. The molecule has 5 atom stereocenters. The molecular formula is C24H24O10. The van der Waals surface area contributed by atoms with Gasteiger partial charge in [-0.25, -0.2) is 9.59 Å². The van der Waals surface area contributed by atoms with Crippen molar-refractivity contribution in [3.8, 4) is 11.5 Å². The zero-order valence-corrected chi connectivity index (χ0v) is 17.8. The molecule has 0 aliphatic carbocycles. The largest absolute Gasteiger partial charge is 0.508 e. The van der Waals surface area contributed by atoms with Crippen molar-refractivity contribution < 1.29 is 49.3 Å². The van der Waals surface area contributed by atoms with Crippen LogP contribution in [0.2, 0.25) is 0 Å². The molecule has 1 saturated heterocycles. The van der Waals surface area contributed by atoms with E-state index in [2.05, 4.69) is 0 Å². The van der Waals surface area contributed by atoms with E-state index in [1.807, 2.05) is 0 Å². The average molecular weight is 472 g/mol. The van der Waals surface area contributed by atoms with Crippen LogP contribution in [0.5, 0.6) is 11.5 Å². The molecule has 1 fully saturated rings. The number of carbonyl (C=O) groups is 2. The Morgan fingerprint density at radius 3 is 1.79 bits per heavy atom. The van der Waals surface area contributed by atoms with Crippen LogP contribution in [0.1, 0.15) is 11.1 Å². The van der Waals surface area contributed by atoms with E-state index in [-0.39, 0.29) is 11.5 Å². The van der Waals surface area contributed by atoms with Gasteiger partial charge < -0.3 is 39.7 Å². The molecule has 0 spiro atoms. The van der Waals surface area contributed by atoms with Gasteiger partial charge in [-0.1, -0.05) is 24.3 Å². The molecule has 0 saturated carbocycles. The lowest BCUT2D eigenvalue weighted by molar-refractivity contribution is -0.291. The Morgan fingerprint density at radius 2 is 1.26 bits per heavy atom. The molecule has 1 aliphatic rings. The molecule has 0 aromatic heterocycles. The Bertz CT molecular complexity index is 1030. The first-order chi connectivity index (χ1) is 16.2. The van der Waals surface area contributed by atoms with Crippen molar-refractivity contribution in [1.82, 2.24) is 0 Å². The van der Waals surface area contributed by atoms with Gasteiger partial charge in [-0.3, -0.25) is 0 Å². The highest BCUT2D eigenvalue weighted by Crippen LogP contribution is 2.23. The van der Waals surface area contributed by atoms with Gasteiger partial charge in [0.25, 0.3) is 0 Å². The summed E-state index contributed by atoms with van der Waals surface area (Å²) in [6, 6.07) is 12.1. The highest BCUT2D eigenvalue weighted by Gasteiger charge is 2.45. The Labute approximate surface area is 194 Å². The van der Waals surface area contributed by atoms with Crippen molar-refractivity contribution in [2.24, 2.45) is 0 Å². The van der Waals surface area contributed by atoms with Crippen molar-refractivity contribution in [3.63, 3.8) is 0 Å². The van der Waals surface area contributed by atoms with E-state index in [9.17, 15) is 35.1 Å². The highest BCUT2D eigenvalue weighted by molar-refractivity contribution is 5.87. The SMILES string of the molecule is O=C(/C=C/c1ccc(O)cc1)OC[C@H]1O[C@@H](OC(=O)/C=C/c2ccc(O)cc2)[C@H](O)[C@@H](O)[C@@H]1O. The molecule has 1 aliphatic heterocycles. The van der Waals surface area contributed by atoms with E-state index in [1.54, 1.807) is 24.3 Å². The molecule has 0 unspecified atom stereocenters. The summed E-state index contributed by atoms with van der Waals surface area (Å²) in [5.41, 5.74) is 1.23. The minimum absolute atomic E-state index is 0.0635. The molecule has 180 valence electrons. The number of esters is 2. The summed E-state index contributed by atoms with van der Waals surface area (Å²) in [5.74, 6) is -1.52. The van der Waals surface area contributed by atoms with E-state index >= 15 is 0 Å². The summed E-state index contributed by atoms with van der Waals surface area (Å²) in [5, 5.41) is 48.9. The van der Waals surface area contributed by atoms with Gasteiger partial charge in [0.15, 0.2) is 0 Å².